The van der Waals surface area contributed by atoms with Gasteiger partial charge in [0, 0.05) is 38.8 Å². The number of aliphatic hydroxyl groups excluding tert-OH is 1. The summed E-state index contributed by atoms with van der Waals surface area (Å²) < 4.78 is 11.0. The predicted molar refractivity (Wildman–Crippen MR) is 83.0 cm³/mol. The van der Waals surface area contributed by atoms with Gasteiger partial charge in [-0.15, -0.1) is 0 Å². The van der Waals surface area contributed by atoms with Crippen molar-refractivity contribution in [1.82, 2.24) is 10.2 Å². The number of benzene rings is 1. The maximum Gasteiger partial charge on any atom is 0.161 e. The van der Waals surface area contributed by atoms with E-state index >= 15 is 0 Å². The minimum absolute atomic E-state index is 0.185. The first-order valence-corrected chi connectivity index (χ1v) is 7.66. The van der Waals surface area contributed by atoms with Gasteiger partial charge < -0.3 is 19.9 Å². The Morgan fingerprint density at radius 3 is 2.67 bits per heavy atom. The lowest BCUT2D eigenvalue weighted by atomic mass is 10.0. The van der Waals surface area contributed by atoms with Crippen LogP contribution in [0.15, 0.2) is 18.2 Å². The van der Waals surface area contributed by atoms with E-state index in [0.29, 0.717) is 6.61 Å². The van der Waals surface area contributed by atoms with Gasteiger partial charge in [-0.2, -0.15) is 0 Å². The second-order valence-electron chi connectivity index (χ2n) is 5.16. The van der Waals surface area contributed by atoms with Gasteiger partial charge in [-0.3, -0.25) is 4.90 Å². The molecule has 0 spiro atoms. The third-order valence-electron chi connectivity index (χ3n) is 3.87. The molecule has 21 heavy (non-hydrogen) atoms. The number of piperazine rings is 1. The second-order valence-corrected chi connectivity index (χ2v) is 5.16. The van der Waals surface area contributed by atoms with E-state index < -0.39 is 0 Å². The Morgan fingerprint density at radius 1 is 1.29 bits per heavy atom. The predicted octanol–water partition coefficient (Wildman–Crippen LogP) is 1.42. The molecule has 1 atom stereocenters. The van der Waals surface area contributed by atoms with Crippen LogP contribution in [0.2, 0.25) is 0 Å². The molecule has 2 N–H and O–H groups in total. The fourth-order valence-corrected chi connectivity index (χ4v) is 2.85. The zero-order valence-corrected chi connectivity index (χ0v) is 13.0. The fraction of sp³-hybridized carbons (Fsp3) is 0.625. The fourth-order valence-electron chi connectivity index (χ4n) is 2.85. The molecule has 2 rings (SSSR count). The molecule has 1 saturated heterocycles. The van der Waals surface area contributed by atoms with Crippen molar-refractivity contribution < 1.29 is 14.6 Å². The lowest BCUT2D eigenvalue weighted by Gasteiger charge is -2.35. The molecule has 0 unspecified atom stereocenters. The molecule has 0 aromatic heterocycles. The molecule has 0 bridgehead atoms. The molecule has 5 nitrogen and oxygen atoms in total. The molecule has 1 heterocycles. The van der Waals surface area contributed by atoms with Crippen LogP contribution in [0.4, 0.5) is 0 Å². The zero-order chi connectivity index (χ0) is 15.1. The summed E-state index contributed by atoms with van der Waals surface area (Å²) >= 11 is 0. The SMILES string of the molecule is CCOc1cc([C@@H](CCO)N2CCNCC2)ccc1OC. The van der Waals surface area contributed by atoms with Gasteiger partial charge in [0.05, 0.1) is 13.7 Å². The highest BCUT2D eigenvalue weighted by Gasteiger charge is 2.22. The molecule has 0 amide bonds. The van der Waals surface area contributed by atoms with Crippen LogP contribution in [0, 0.1) is 0 Å². The van der Waals surface area contributed by atoms with Gasteiger partial charge in [0.15, 0.2) is 11.5 Å². The summed E-state index contributed by atoms with van der Waals surface area (Å²) in [4.78, 5) is 2.42. The average molecular weight is 294 g/mol. The number of rotatable bonds is 7. The molecular weight excluding hydrogens is 268 g/mol. The van der Waals surface area contributed by atoms with Crippen LogP contribution in [-0.4, -0.2) is 56.5 Å². The molecule has 0 radical (unpaired) electrons. The second kappa shape index (κ2) is 8.22. The first-order chi connectivity index (χ1) is 10.3. The molecule has 1 aliphatic heterocycles. The monoisotopic (exact) mass is 294 g/mol. The minimum atomic E-state index is 0.185. The highest BCUT2D eigenvalue weighted by Crippen LogP contribution is 2.33. The van der Waals surface area contributed by atoms with Crippen LogP contribution in [0.1, 0.15) is 24.9 Å². The van der Waals surface area contributed by atoms with Crippen LogP contribution < -0.4 is 14.8 Å². The topological polar surface area (TPSA) is 54.0 Å². The van der Waals surface area contributed by atoms with Crippen LogP contribution in [-0.2, 0) is 0 Å². The Hall–Kier alpha value is -1.30. The van der Waals surface area contributed by atoms with E-state index in [0.717, 1.165) is 44.1 Å². The lowest BCUT2D eigenvalue weighted by Crippen LogP contribution is -2.45. The summed E-state index contributed by atoms with van der Waals surface area (Å²) in [6.45, 7) is 6.75. The van der Waals surface area contributed by atoms with Crippen molar-refractivity contribution >= 4 is 0 Å². The van der Waals surface area contributed by atoms with Crippen molar-refractivity contribution in [3.63, 3.8) is 0 Å². The maximum atomic E-state index is 9.40. The summed E-state index contributed by atoms with van der Waals surface area (Å²) in [7, 11) is 1.65. The first kappa shape index (κ1) is 16.1. The number of ether oxygens (including phenoxy) is 2. The Labute approximate surface area is 126 Å². The summed E-state index contributed by atoms with van der Waals surface area (Å²) in [5.74, 6) is 1.53. The van der Waals surface area contributed by atoms with Crippen molar-refractivity contribution in [2.24, 2.45) is 0 Å². The van der Waals surface area contributed by atoms with E-state index in [1.165, 1.54) is 5.56 Å². The Balaban J connectivity index is 2.24. The third-order valence-corrected chi connectivity index (χ3v) is 3.87. The Bertz CT molecular complexity index is 434. The summed E-state index contributed by atoms with van der Waals surface area (Å²) in [5, 5.41) is 12.8. The molecule has 0 saturated carbocycles. The quantitative estimate of drug-likeness (QED) is 0.796. The third kappa shape index (κ3) is 4.09. The zero-order valence-electron chi connectivity index (χ0n) is 13.0. The van der Waals surface area contributed by atoms with E-state index in [4.69, 9.17) is 9.47 Å². The van der Waals surface area contributed by atoms with Crippen molar-refractivity contribution in [2.45, 2.75) is 19.4 Å². The van der Waals surface area contributed by atoms with Gasteiger partial charge in [0.1, 0.15) is 0 Å². The number of aliphatic hydroxyl groups is 1. The number of hydrogen-bond acceptors (Lipinski definition) is 5. The molecule has 118 valence electrons. The van der Waals surface area contributed by atoms with E-state index in [-0.39, 0.29) is 12.6 Å². The van der Waals surface area contributed by atoms with Crippen molar-refractivity contribution in [3.8, 4) is 11.5 Å². The Kier molecular flexibility index (Phi) is 6.29. The van der Waals surface area contributed by atoms with Gasteiger partial charge in [-0.25, -0.2) is 0 Å². The summed E-state index contributed by atoms with van der Waals surface area (Å²) in [5.41, 5.74) is 1.18. The number of hydrogen-bond donors (Lipinski definition) is 2. The smallest absolute Gasteiger partial charge is 0.161 e. The average Bonchev–Trinajstić information content (AvgIpc) is 2.54. The van der Waals surface area contributed by atoms with E-state index in [1.54, 1.807) is 7.11 Å². The van der Waals surface area contributed by atoms with Crippen LogP contribution in [0.5, 0.6) is 11.5 Å². The van der Waals surface area contributed by atoms with Gasteiger partial charge in [0.2, 0.25) is 0 Å². The first-order valence-electron chi connectivity index (χ1n) is 7.66. The van der Waals surface area contributed by atoms with E-state index in [1.807, 2.05) is 19.1 Å². The number of nitrogens with zero attached hydrogens (tertiary/aromatic N) is 1. The van der Waals surface area contributed by atoms with Gasteiger partial charge in [0.25, 0.3) is 0 Å². The molecule has 5 heteroatoms. The normalized spacial score (nSPS) is 17.5. The molecular formula is C16H26N2O3. The van der Waals surface area contributed by atoms with Gasteiger partial charge in [-0.05, 0) is 31.0 Å². The van der Waals surface area contributed by atoms with E-state index in [9.17, 15) is 5.11 Å². The van der Waals surface area contributed by atoms with Crippen LogP contribution >= 0.6 is 0 Å². The van der Waals surface area contributed by atoms with Crippen molar-refractivity contribution in [1.29, 1.82) is 0 Å². The van der Waals surface area contributed by atoms with Gasteiger partial charge in [-0.1, -0.05) is 6.07 Å². The molecule has 1 aromatic carbocycles. The molecule has 0 aliphatic carbocycles. The number of methoxy groups -OCH3 is 1. The van der Waals surface area contributed by atoms with Gasteiger partial charge >= 0.3 is 0 Å². The Morgan fingerprint density at radius 2 is 2.05 bits per heavy atom. The lowest BCUT2D eigenvalue weighted by molar-refractivity contribution is 0.141. The summed E-state index contributed by atoms with van der Waals surface area (Å²) in [6.07, 6.45) is 0.734. The molecule has 1 aliphatic rings. The van der Waals surface area contributed by atoms with Crippen molar-refractivity contribution in [2.75, 3.05) is 46.5 Å². The van der Waals surface area contributed by atoms with Crippen LogP contribution in [0.3, 0.4) is 0 Å². The van der Waals surface area contributed by atoms with Crippen LogP contribution in [0.25, 0.3) is 0 Å². The highest BCUT2D eigenvalue weighted by atomic mass is 16.5. The number of nitrogens with one attached hydrogen (secondary N) is 1. The molecule has 1 fully saturated rings. The highest BCUT2D eigenvalue weighted by molar-refractivity contribution is 5.44. The van der Waals surface area contributed by atoms with Crippen molar-refractivity contribution in [3.05, 3.63) is 23.8 Å². The molecule has 1 aromatic rings. The standard InChI is InChI=1S/C16H26N2O3/c1-3-21-16-12-13(4-5-15(16)20-2)14(6-11-19)18-9-7-17-8-10-18/h4-5,12,14,17,19H,3,6-11H2,1-2H3/t14-/m1/s1. The summed E-state index contributed by atoms with van der Waals surface area (Å²) in [6, 6.07) is 6.30. The van der Waals surface area contributed by atoms with E-state index in [2.05, 4.69) is 16.3 Å². The largest absolute Gasteiger partial charge is 0.493 e. The minimum Gasteiger partial charge on any atom is -0.493 e. The maximum absolute atomic E-state index is 9.40.